The van der Waals surface area contributed by atoms with Crippen molar-refractivity contribution >= 4 is 6.09 Å². The van der Waals surface area contributed by atoms with Crippen molar-refractivity contribution in [2.24, 2.45) is 5.92 Å². The van der Waals surface area contributed by atoms with E-state index < -0.39 is 6.09 Å². The first-order valence-electron chi connectivity index (χ1n) is 4.86. The Kier molecular flexibility index (Phi) is 2.15. The molecule has 4 heteroatoms. The summed E-state index contributed by atoms with van der Waals surface area (Å²) >= 11 is 0. The molecule has 74 valence electrons. The van der Waals surface area contributed by atoms with Gasteiger partial charge < -0.3 is 14.9 Å². The Bertz CT molecular complexity index is 220. The molecule has 1 unspecified atom stereocenters. The zero-order valence-corrected chi connectivity index (χ0v) is 7.94. The van der Waals surface area contributed by atoms with Crippen molar-refractivity contribution in [2.75, 3.05) is 26.7 Å². The zero-order chi connectivity index (χ0) is 9.42. The highest BCUT2D eigenvalue weighted by Gasteiger charge is 2.37. The van der Waals surface area contributed by atoms with Gasteiger partial charge in [0.1, 0.15) is 0 Å². The van der Waals surface area contributed by atoms with Crippen molar-refractivity contribution in [3.8, 4) is 0 Å². The van der Waals surface area contributed by atoms with E-state index in [1.165, 1.54) is 0 Å². The molecule has 2 aliphatic rings. The minimum absolute atomic E-state index is 0.579. The van der Waals surface area contributed by atoms with E-state index in [-0.39, 0.29) is 0 Å². The minimum Gasteiger partial charge on any atom is -0.465 e. The maximum atomic E-state index is 10.7. The van der Waals surface area contributed by atoms with Crippen LogP contribution in [0.2, 0.25) is 0 Å². The summed E-state index contributed by atoms with van der Waals surface area (Å²) in [7, 11) is 2.14. The number of rotatable bonds is 0. The van der Waals surface area contributed by atoms with Crippen molar-refractivity contribution in [3.63, 3.8) is 0 Å². The summed E-state index contributed by atoms with van der Waals surface area (Å²) < 4.78 is 0. The smallest absolute Gasteiger partial charge is 0.407 e. The predicted octanol–water partition coefficient (Wildman–Crippen LogP) is 0.690. The Morgan fingerprint density at radius 1 is 1.38 bits per heavy atom. The Hall–Kier alpha value is -0.770. The average Bonchev–Trinajstić information content (AvgIpc) is 2.47. The molecule has 0 bridgehead atoms. The molecule has 2 rings (SSSR count). The number of carbonyl (C=O) groups is 1. The third kappa shape index (κ3) is 1.50. The van der Waals surface area contributed by atoms with Gasteiger partial charge in [0.05, 0.1) is 0 Å². The molecule has 0 aromatic carbocycles. The third-order valence-electron chi connectivity index (χ3n) is 3.38. The van der Waals surface area contributed by atoms with Gasteiger partial charge in [0.25, 0.3) is 0 Å². The summed E-state index contributed by atoms with van der Waals surface area (Å²) in [5.41, 5.74) is 0. The van der Waals surface area contributed by atoms with Crippen molar-refractivity contribution < 1.29 is 9.90 Å². The van der Waals surface area contributed by atoms with Crippen LogP contribution in [0.25, 0.3) is 0 Å². The summed E-state index contributed by atoms with van der Waals surface area (Å²) in [6.07, 6.45) is 1.41. The molecule has 1 amide bonds. The molecule has 0 saturated carbocycles. The van der Waals surface area contributed by atoms with Crippen molar-refractivity contribution in [1.29, 1.82) is 0 Å². The number of amides is 1. The van der Waals surface area contributed by atoms with Crippen LogP contribution in [0.15, 0.2) is 0 Å². The van der Waals surface area contributed by atoms with Crippen LogP contribution in [0.4, 0.5) is 4.79 Å². The van der Waals surface area contributed by atoms with Crippen molar-refractivity contribution in [2.45, 2.75) is 18.9 Å². The lowest BCUT2D eigenvalue weighted by Gasteiger charge is -2.35. The highest BCUT2D eigenvalue weighted by Crippen LogP contribution is 2.29. The van der Waals surface area contributed by atoms with E-state index in [0.29, 0.717) is 18.5 Å². The van der Waals surface area contributed by atoms with Crippen LogP contribution in [0, 0.1) is 5.92 Å². The molecule has 2 atom stereocenters. The lowest BCUT2D eigenvalue weighted by Crippen LogP contribution is -2.46. The van der Waals surface area contributed by atoms with E-state index in [9.17, 15) is 4.79 Å². The molecule has 2 aliphatic heterocycles. The van der Waals surface area contributed by atoms with Crippen LogP contribution in [0.3, 0.4) is 0 Å². The lowest BCUT2D eigenvalue weighted by atomic mass is 9.93. The van der Waals surface area contributed by atoms with Crippen LogP contribution in [-0.4, -0.2) is 53.7 Å². The van der Waals surface area contributed by atoms with Gasteiger partial charge in [-0.05, 0) is 32.4 Å². The SMILES string of the molecule is CN1CC[C@H]2CN(C(=O)O)CCC21. The normalized spacial score (nSPS) is 34.7. The Balaban J connectivity index is 1.99. The summed E-state index contributed by atoms with van der Waals surface area (Å²) in [5, 5.41) is 8.84. The summed E-state index contributed by atoms with van der Waals surface area (Å²) in [6, 6.07) is 0.635. The summed E-state index contributed by atoms with van der Waals surface area (Å²) in [5.74, 6) is 0.579. The maximum Gasteiger partial charge on any atom is 0.407 e. The number of piperidine rings is 1. The monoisotopic (exact) mass is 184 g/mol. The standard InChI is InChI=1S/C9H16N2O2/c1-10-4-2-7-6-11(9(12)13)5-3-8(7)10/h7-8H,2-6H2,1H3,(H,12,13)/t7-,8?/m0/s1. The maximum absolute atomic E-state index is 10.7. The molecule has 1 N–H and O–H groups in total. The topological polar surface area (TPSA) is 43.8 Å². The van der Waals surface area contributed by atoms with Gasteiger partial charge in [0, 0.05) is 19.1 Å². The molecule has 2 saturated heterocycles. The van der Waals surface area contributed by atoms with Gasteiger partial charge in [-0.15, -0.1) is 0 Å². The summed E-state index contributed by atoms with van der Waals surface area (Å²) in [4.78, 5) is 14.7. The fraction of sp³-hybridized carbons (Fsp3) is 0.889. The molecule has 0 aliphatic carbocycles. The van der Waals surface area contributed by atoms with Crippen molar-refractivity contribution in [3.05, 3.63) is 0 Å². The number of likely N-dealkylation sites (tertiary alicyclic amines) is 2. The molecule has 0 aromatic heterocycles. The van der Waals surface area contributed by atoms with Crippen LogP contribution >= 0.6 is 0 Å². The second-order valence-corrected chi connectivity index (χ2v) is 4.11. The molecule has 0 aromatic rings. The van der Waals surface area contributed by atoms with E-state index in [0.717, 1.165) is 25.9 Å². The van der Waals surface area contributed by atoms with E-state index >= 15 is 0 Å². The van der Waals surface area contributed by atoms with E-state index in [1.807, 2.05) is 0 Å². The minimum atomic E-state index is -0.756. The molecular weight excluding hydrogens is 168 g/mol. The first kappa shape index (κ1) is 8.81. The largest absolute Gasteiger partial charge is 0.465 e. The van der Waals surface area contributed by atoms with E-state index in [4.69, 9.17) is 5.11 Å². The zero-order valence-electron chi connectivity index (χ0n) is 7.94. The fourth-order valence-electron chi connectivity index (χ4n) is 2.59. The van der Waals surface area contributed by atoms with E-state index in [1.54, 1.807) is 4.90 Å². The average molecular weight is 184 g/mol. The number of nitrogens with zero attached hydrogens (tertiary/aromatic N) is 2. The number of hydrogen-bond donors (Lipinski definition) is 1. The second-order valence-electron chi connectivity index (χ2n) is 4.11. The first-order valence-corrected chi connectivity index (χ1v) is 4.86. The first-order chi connectivity index (χ1) is 6.18. The van der Waals surface area contributed by atoms with Crippen LogP contribution in [0.1, 0.15) is 12.8 Å². The van der Waals surface area contributed by atoms with Gasteiger partial charge in [-0.2, -0.15) is 0 Å². The summed E-state index contributed by atoms with van der Waals surface area (Å²) in [6.45, 7) is 2.58. The quantitative estimate of drug-likeness (QED) is 0.602. The molecule has 4 nitrogen and oxygen atoms in total. The van der Waals surface area contributed by atoms with Crippen molar-refractivity contribution in [1.82, 2.24) is 9.80 Å². The number of fused-ring (bicyclic) bond motifs is 1. The Labute approximate surface area is 78.1 Å². The molecule has 2 heterocycles. The van der Waals surface area contributed by atoms with Gasteiger partial charge in [0.15, 0.2) is 0 Å². The predicted molar refractivity (Wildman–Crippen MR) is 48.7 cm³/mol. The second kappa shape index (κ2) is 3.18. The Morgan fingerprint density at radius 2 is 2.15 bits per heavy atom. The molecular formula is C9H16N2O2. The van der Waals surface area contributed by atoms with Crippen LogP contribution in [0.5, 0.6) is 0 Å². The van der Waals surface area contributed by atoms with Gasteiger partial charge in [0.2, 0.25) is 0 Å². The van der Waals surface area contributed by atoms with Gasteiger partial charge >= 0.3 is 6.09 Å². The third-order valence-corrected chi connectivity index (χ3v) is 3.38. The van der Waals surface area contributed by atoms with E-state index in [2.05, 4.69) is 11.9 Å². The van der Waals surface area contributed by atoms with Crippen LogP contribution < -0.4 is 0 Å². The number of hydrogen-bond acceptors (Lipinski definition) is 2. The number of carboxylic acid groups (broad SMARTS) is 1. The van der Waals surface area contributed by atoms with Crippen LogP contribution in [-0.2, 0) is 0 Å². The lowest BCUT2D eigenvalue weighted by molar-refractivity contribution is 0.101. The molecule has 2 fully saturated rings. The fourth-order valence-corrected chi connectivity index (χ4v) is 2.59. The highest BCUT2D eigenvalue weighted by atomic mass is 16.4. The molecule has 0 spiro atoms. The van der Waals surface area contributed by atoms with Gasteiger partial charge in [-0.25, -0.2) is 4.79 Å². The molecule has 0 radical (unpaired) electrons. The molecule has 13 heavy (non-hydrogen) atoms. The highest BCUT2D eigenvalue weighted by molar-refractivity contribution is 5.65. The Morgan fingerprint density at radius 3 is 2.85 bits per heavy atom. The van der Waals surface area contributed by atoms with Gasteiger partial charge in [-0.3, -0.25) is 0 Å². The van der Waals surface area contributed by atoms with Gasteiger partial charge in [-0.1, -0.05) is 0 Å².